The second-order valence-electron chi connectivity index (χ2n) is 2.65. The Kier molecular flexibility index (Phi) is 3.99. The molecule has 1 aromatic rings. The van der Waals surface area contributed by atoms with Crippen molar-refractivity contribution >= 4 is 6.29 Å². The highest BCUT2D eigenvalue weighted by atomic mass is 16.6. The Morgan fingerprint density at radius 1 is 1.46 bits per heavy atom. The number of hydroxylamine groups is 1. The minimum Gasteiger partial charge on any atom is -0.408 e. The molecule has 0 unspecified atom stereocenters. The molecule has 0 saturated carbocycles. The number of aldehydes is 1. The maximum Gasteiger partial charge on any atom is 0.157 e. The van der Waals surface area contributed by atoms with Gasteiger partial charge in [-0.1, -0.05) is 19.1 Å². The van der Waals surface area contributed by atoms with Crippen molar-refractivity contribution in [3.05, 3.63) is 29.8 Å². The number of rotatable bonds is 5. The minimum atomic E-state index is 0.561. The third-order valence-corrected chi connectivity index (χ3v) is 1.58. The zero-order chi connectivity index (χ0) is 9.52. The number of hydrogen-bond acceptors (Lipinski definition) is 3. The molecule has 0 aliphatic rings. The Bertz CT molecular complexity index is 273. The average Bonchev–Trinajstić information content (AvgIpc) is 2.19. The van der Waals surface area contributed by atoms with Crippen LogP contribution in [0.5, 0.6) is 5.75 Å². The van der Waals surface area contributed by atoms with Crippen molar-refractivity contribution in [2.24, 2.45) is 0 Å². The number of nitrogens with one attached hydrogen (secondary N) is 1. The summed E-state index contributed by atoms with van der Waals surface area (Å²) in [4.78, 5) is 15.7. The second kappa shape index (κ2) is 5.32. The molecule has 3 heteroatoms. The molecular formula is C10H13NO2. The quantitative estimate of drug-likeness (QED) is 0.425. The highest BCUT2D eigenvalue weighted by Crippen LogP contribution is 2.13. The van der Waals surface area contributed by atoms with Crippen LogP contribution in [-0.4, -0.2) is 12.8 Å². The summed E-state index contributed by atoms with van der Waals surface area (Å²) in [7, 11) is 0. The summed E-state index contributed by atoms with van der Waals surface area (Å²) < 4.78 is 0. The highest BCUT2D eigenvalue weighted by molar-refractivity contribution is 5.79. The first-order chi connectivity index (χ1) is 6.38. The summed E-state index contributed by atoms with van der Waals surface area (Å²) >= 11 is 0. The van der Waals surface area contributed by atoms with E-state index in [4.69, 9.17) is 4.84 Å². The van der Waals surface area contributed by atoms with Gasteiger partial charge in [-0.05, 0) is 18.6 Å². The lowest BCUT2D eigenvalue weighted by Gasteiger charge is -2.06. The molecule has 0 bridgehead atoms. The molecule has 0 radical (unpaired) electrons. The lowest BCUT2D eigenvalue weighted by molar-refractivity contribution is 0.111. The summed E-state index contributed by atoms with van der Waals surface area (Å²) in [6.45, 7) is 2.81. The van der Waals surface area contributed by atoms with Crippen molar-refractivity contribution in [3.63, 3.8) is 0 Å². The molecule has 3 nitrogen and oxygen atoms in total. The molecule has 1 aromatic carbocycles. The summed E-state index contributed by atoms with van der Waals surface area (Å²) in [6.07, 6.45) is 1.77. The van der Waals surface area contributed by atoms with Gasteiger partial charge in [0.05, 0.1) is 5.56 Å². The third-order valence-electron chi connectivity index (χ3n) is 1.58. The Morgan fingerprint density at radius 3 is 2.92 bits per heavy atom. The van der Waals surface area contributed by atoms with Crippen molar-refractivity contribution in [2.45, 2.75) is 13.3 Å². The molecule has 13 heavy (non-hydrogen) atoms. The van der Waals surface area contributed by atoms with Crippen LogP contribution in [-0.2, 0) is 0 Å². The monoisotopic (exact) mass is 179 g/mol. The minimum absolute atomic E-state index is 0.561. The number of carbonyl (C=O) groups excluding carboxylic acids is 1. The van der Waals surface area contributed by atoms with Crippen molar-refractivity contribution in [1.29, 1.82) is 0 Å². The normalized spacial score (nSPS) is 9.62. The van der Waals surface area contributed by atoms with Crippen LogP contribution < -0.4 is 10.3 Å². The van der Waals surface area contributed by atoms with Crippen LogP contribution in [0.3, 0.4) is 0 Å². The average molecular weight is 179 g/mol. The van der Waals surface area contributed by atoms with E-state index in [1.54, 1.807) is 18.2 Å². The summed E-state index contributed by atoms with van der Waals surface area (Å²) in [5.74, 6) is 0.575. The Morgan fingerprint density at radius 2 is 2.23 bits per heavy atom. The van der Waals surface area contributed by atoms with Crippen LogP contribution in [0.1, 0.15) is 23.7 Å². The van der Waals surface area contributed by atoms with E-state index >= 15 is 0 Å². The predicted octanol–water partition coefficient (Wildman–Crippen LogP) is 1.79. The van der Waals surface area contributed by atoms with Crippen LogP contribution in [0.25, 0.3) is 0 Å². The molecule has 0 saturated heterocycles. The molecule has 0 amide bonds. The first kappa shape index (κ1) is 9.74. The van der Waals surface area contributed by atoms with E-state index in [-0.39, 0.29) is 0 Å². The topological polar surface area (TPSA) is 38.3 Å². The van der Waals surface area contributed by atoms with Gasteiger partial charge in [-0.15, -0.1) is 0 Å². The molecule has 0 heterocycles. The van der Waals surface area contributed by atoms with E-state index < -0.39 is 0 Å². The standard InChI is InChI=1S/C10H13NO2/c1-2-7-11-13-10-6-4-3-5-9(10)8-12/h3-6,8,11H,2,7H2,1H3. The lowest BCUT2D eigenvalue weighted by atomic mass is 10.2. The van der Waals surface area contributed by atoms with E-state index in [0.29, 0.717) is 11.3 Å². The van der Waals surface area contributed by atoms with Crippen LogP contribution in [0.4, 0.5) is 0 Å². The van der Waals surface area contributed by atoms with Gasteiger partial charge in [0, 0.05) is 6.54 Å². The van der Waals surface area contributed by atoms with Crippen molar-refractivity contribution in [2.75, 3.05) is 6.54 Å². The van der Waals surface area contributed by atoms with Crippen LogP contribution >= 0.6 is 0 Å². The first-order valence-electron chi connectivity index (χ1n) is 4.32. The van der Waals surface area contributed by atoms with Gasteiger partial charge in [-0.3, -0.25) is 4.79 Å². The number of para-hydroxylation sites is 1. The van der Waals surface area contributed by atoms with E-state index in [2.05, 4.69) is 5.48 Å². The number of hydrogen-bond donors (Lipinski definition) is 1. The Labute approximate surface area is 77.7 Å². The van der Waals surface area contributed by atoms with Crippen molar-refractivity contribution < 1.29 is 9.63 Å². The van der Waals surface area contributed by atoms with E-state index in [1.807, 2.05) is 13.0 Å². The fraction of sp³-hybridized carbons (Fsp3) is 0.300. The zero-order valence-corrected chi connectivity index (χ0v) is 7.62. The van der Waals surface area contributed by atoms with Gasteiger partial charge in [0.25, 0.3) is 0 Å². The van der Waals surface area contributed by atoms with Gasteiger partial charge < -0.3 is 4.84 Å². The van der Waals surface area contributed by atoms with Crippen molar-refractivity contribution in [1.82, 2.24) is 5.48 Å². The Balaban J connectivity index is 2.59. The van der Waals surface area contributed by atoms with Crippen LogP contribution in [0.15, 0.2) is 24.3 Å². The molecule has 1 rings (SSSR count). The fourth-order valence-corrected chi connectivity index (χ4v) is 0.902. The maximum absolute atomic E-state index is 10.6. The molecule has 0 spiro atoms. The molecule has 1 N–H and O–H groups in total. The Hall–Kier alpha value is -1.35. The van der Waals surface area contributed by atoms with Gasteiger partial charge in [-0.25, -0.2) is 0 Å². The van der Waals surface area contributed by atoms with E-state index in [0.717, 1.165) is 19.3 Å². The smallest absolute Gasteiger partial charge is 0.157 e. The predicted molar refractivity (Wildman–Crippen MR) is 50.8 cm³/mol. The number of benzene rings is 1. The molecule has 0 fully saturated rings. The van der Waals surface area contributed by atoms with Gasteiger partial charge >= 0.3 is 0 Å². The SMILES string of the molecule is CCCNOc1ccccc1C=O. The van der Waals surface area contributed by atoms with Crippen LogP contribution in [0.2, 0.25) is 0 Å². The zero-order valence-electron chi connectivity index (χ0n) is 7.62. The maximum atomic E-state index is 10.6. The van der Waals surface area contributed by atoms with Gasteiger partial charge in [0.15, 0.2) is 12.0 Å². The van der Waals surface area contributed by atoms with Crippen molar-refractivity contribution in [3.8, 4) is 5.75 Å². The second-order valence-corrected chi connectivity index (χ2v) is 2.65. The number of carbonyl (C=O) groups is 1. The highest BCUT2D eigenvalue weighted by Gasteiger charge is 1.99. The van der Waals surface area contributed by atoms with E-state index in [9.17, 15) is 4.79 Å². The summed E-state index contributed by atoms with van der Waals surface area (Å²) in [6, 6.07) is 7.11. The lowest BCUT2D eigenvalue weighted by Crippen LogP contribution is -2.19. The molecule has 70 valence electrons. The summed E-state index contributed by atoms with van der Waals surface area (Å²) in [5.41, 5.74) is 3.33. The van der Waals surface area contributed by atoms with Crippen LogP contribution in [0, 0.1) is 0 Å². The van der Waals surface area contributed by atoms with Gasteiger partial charge in [-0.2, -0.15) is 5.48 Å². The van der Waals surface area contributed by atoms with E-state index in [1.165, 1.54) is 0 Å². The van der Waals surface area contributed by atoms with Gasteiger partial charge in [0.2, 0.25) is 0 Å². The molecule has 0 aromatic heterocycles. The van der Waals surface area contributed by atoms with Gasteiger partial charge in [0.1, 0.15) is 0 Å². The first-order valence-corrected chi connectivity index (χ1v) is 4.32. The third kappa shape index (κ3) is 2.87. The fourth-order valence-electron chi connectivity index (χ4n) is 0.902. The molecule has 0 atom stereocenters. The molecular weight excluding hydrogens is 166 g/mol. The largest absolute Gasteiger partial charge is 0.408 e. The summed E-state index contributed by atoms with van der Waals surface area (Å²) in [5, 5.41) is 0. The molecule has 0 aliphatic heterocycles. The molecule has 0 aliphatic carbocycles.